The molecule has 21 heavy (non-hydrogen) atoms. The highest BCUT2D eigenvalue weighted by molar-refractivity contribution is 7.89. The lowest BCUT2D eigenvalue weighted by Crippen LogP contribution is -2.41. The maximum atomic E-state index is 12.6. The number of nitrogens with two attached hydrogens (primary N) is 1. The van der Waals surface area contributed by atoms with Crippen molar-refractivity contribution in [1.29, 1.82) is 0 Å². The van der Waals surface area contributed by atoms with E-state index in [1.165, 1.54) is 7.11 Å². The van der Waals surface area contributed by atoms with Crippen LogP contribution in [0.5, 0.6) is 5.75 Å². The standard InChI is InChI=1S/C14H22N2O4S/c1-10-7-12(5-6-20-10)16-21(17,18)14-8-11(9-15)3-4-13(14)19-2/h3-4,8,10,12,16H,5-7,9,15H2,1-2H3. The Balaban J connectivity index is 2.26. The van der Waals surface area contributed by atoms with Crippen LogP contribution in [0.25, 0.3) is 0 Å². The molecule has 1 aliphatic rings. The topological polar surface area (TPSA) is 90.7 Å². The van der Waals surface area contributed by atoms with Gasteiger partial charge in [-0.15, -0.1) is 0 Å². The van der Waals surface area contributed by atoms with Crippen LogP contribution in [0.3, 0.4) is 0 Å². The fourth-order valence-corrected chi connectivity index (χ4v) is 3.95. The Morgan fingerprint density at radius 2 is 2.24 bits per heavy atom. The first-order chi connectivity index (χ1) is 9.96. The first-order valence-corrected chi connectivity index (χ1v) is 8.45. The Hall–Kier alpha value is -1.15. The SMILES string of the molecule is COc1ccc(CN)cc1S(=O)(=O)NC1CCOC(C)C1. The summed E-state index contributed by atoms with van der Waals surface area (Å²) >= 11 is 0. The minimum atomic E-state index is -3.64. The molecule has 6 nitrogen and oxygen atoms in total. The summed E-state index contributed by atoms with van der Waals surface area (Å²) in [5.74, 6) is 0.319. The molecule has 1 aliphatic heterocycles. The van der Waals surface area contributed by atoms with E-state index in [1.807, 2.05) is 6.92 Å². The van der Waals surface area contributed by atoms with Crippen LogP contribution in [0.4, 0.5) is 0 Å². The maximum absolute atomic E-state index is 12.6. The molecule has 118 valence electrons. The highest BCUT2D eigenvalue weighted by Crippen LogP contribution is 2.26. The number of nitrogens with one attached hydrogen (secondary N) is 1. The third-order valence-corrected chi connectivity index (χ3v) is 5.10. The molecule has 3 N–H and O–H groups in total. The van der Waals surface area contributed by atoms with E-state index in [0.717, 1.165) is 5.56 Å². The summed E-state index contributed by atoms with van der Waals surface area (Å²) in [6.07, 6.45) is 1.39. The van der Waals surface area contributed by atoms with Crippen LogP contribution < -0.4 is 15.2 Å². The Labute approximate surface area is 125 Å². The van der Waals surface area contributed by atoms with Crippen molar-refractivity contribution in [1.82, 2.24) is 4.72 Å². The summed E-state index contributed by atoms with van der Waals surface area (Å²) in [4.78, 5) is 0.132. The summed E-state index contributed by atoms with van der Waals surface area (Å²) in [6, 6.07) is 4.83. The van der Waals surface area contributed by atoms with Crippen LogP contribution in [0.2, 0.25) is 0 Å². The van der Waals surface area contributed by atoms with Crippen LogP contribution in [-0.4, -0.2) is 34.3 Å². The summed E-state index contributed by atoms with van der Waals surface area (Å²) in [5.41, 5.74) is 6.33. The second-order valence-corrected chi connectivity index (χ2v) is 6.90. The van der Waals surface area contributed by atoms with Gasteiger partial charge in [-0.3, -0.25) is 0 Å². The molecular weight excluding hydrogens is 292 g/mol. The van der Waals surface area contributed by atoms with E-state index in [-0.39, 0.29) is 23.6 Å². The molecule has 1 saturated heterocycles. The van der Waals surface area contributed by atoms with Crippen LogP contribution in [-0.2, 0) is 21.3 Å². The number of hydrogen-bond donors (Lipinski definition) is 2. The Morgan fingerprint density at radius 3 is 2.86 bits per heavy atom. The first kappa shape index (κ1) is 16.2. The van der Waals surface area contributed by atoms with Gasteiger partial charge in [-0.05, 0) is 37.5 Å². The summed E-state index contributed by atoms with van der Waals surface area (Å²) in [7, 11) is -2.19. The molecule has 2 rings (SSSR count). The monoisotopic (exact) mass is 314 g/mol. The number of hydrogen-bond acceptors (Lipinski definition) is 5. The van der Waals surface area contributed by atoms with Crippen molar-refractivity contribution in [2.75, 3.05) is 13.7 Å². The third kappa shape index (κ3) is 3.94. The van der Waals surface area contributed by atoms with Gasteiger partial charge < -0.3 is 15.2 Å². The zero-order valence-electron chi connectivity index (χ0n) is 12.3. The fraction of sp³-hybridized carbons (Fsp3) is 0.571. The molecule has 0 bridgehead atoms. The highest BCUT2D eigenvalue weighted by atomic mass is 32.2. The van der Waals surface area contributed by atoms with Crippen molar-refractivity contribution in [3.63, 3.8) is 0 Å². The number of sulfonamides is 1. The molecule has 1 aromatic carbocycles. The van der Waals surface area contributed by atoms with Crippen LogP contribution in [0.15, 0.2) is 23.1 Å². The second kappa shape index (κ2) is 6.74. The molecule has 1 fully saturated rings. The van der Waals surface area contributed by atoms with E-state index < -0.39 is 10.0 Å². The molecule has 0 aromatic heterocycles. The lowest BCUT2D eigenvalue weighted by molar-refractivity contribution is 0.0173. The van der Waals surface area contributed by atoms with E-state index >= 15 is 0 Å². The van der Waals surface area contributed by atoms with E-state index in [2.05, 4.69) is 4.72 Å². The molecule has 1 aromatic rings. The van der Waals surface area contributed by atoms with Crippen molar-refractivity contribution < 1.29 is 17.9 Å². The van der Waals surface area contributed by atoms with Crippen molar-refractivity contribution >= 4 is 10.0 Å². The van der Waals surface area contributed by atoms with Crippen molar-refractivity contribution in [2.45, 2.75) is 43.4 Å². The molecular formula is C14H22N2O4S. The smallest absolute Gasteiger partial charge is 0.244 e. The maximum Gasteiger partial charge on any atom is 0.244 e. The van der Waals surface area contributed by atoms with Gasteiger partial charge in [-0.1, -0.05) is 6.07 Å². The number of rotatable bonds is 5. The zero-order chi connectivity index (χ0) is 15.5. The lowest BCUT2D eigenvalue weighted by atomic mass is 10.1. The third-order valence-electron chi connectivity index (χ3n) is 3.56. The van der Waals surface area contributed by atoms with Gasteiger partial charge >= 0.3 is 0 Å². The number of ether oxygens (including phenoxy) is 2. The molecule has 2 unspecified atom stereocenters. The average molecular weight is 314 g/mol. The van der Waals surface area contributed by atoms with Gasteiger partial charge in [0.2, 0.25) is 10.0 Å². The van der Waals surface area contributed by atoms with E-state index in [9.17, 15) is 8.42 Å². The Bertz CT molecular complexity index is 589. The van der Waals surface area contributed by atoms with E-state index in [1.54, 1.807) is 18.2 Å². The quantitative estimate of drug-likeness (QED) is 0.846. The average Bonchev–Trinajstić information content (AvgIpc) is 2.46. The molecule has 0 spiro atoms. The molecule has 1 heterocycles. The number of methoxy groups -OCH3 is 1. The van der Waals surface area contributed by atoms with Gasteiger partial charge in [0.15, 0.2) is 0 Å². The minimum absolute atomic E-state index is 0.0590. The van der Waals surface area contributed by atoms with Crippen LogP contribution in [0, 0.1) is 0 Å². The van der Waals surface area contributed by atoms with E-state index in [4.69, 9.17) is 15.2 Å². The van der Waals surface area contributed by atoms with Gasteiger partial charge in [0.1, 0.15) is 10.6 Å². The zero-order valence-corrected chi connectivity index (χ0v) is 13.2. The molecule has 0 aliphatic carbocycles. The molecule has 0 amide bonds. The lowest BCUT2D eigenvalue weighted by Gasteiger charge is -2.28. The molecule has 0 radical (unpaired) electrons. The molecule has 0 saturated carbocycles. The van der Waals surface area contributed by atoms with Gasteiger partial charge in [-0.2, -0.15) is 0 Å². The largest absolute Gasteiger partial charge is 0.495 e. The van der Waals surface area contributed by atoms with E-state index in [0.29, 0.717) is 25.2 Å². The predicted octanol–water partition coefficient (Wildman–Crippen LogP) is 1.000. The van der Waals surface area contributed by atoms with Gasteiger partial charge in [0, 0.05) is 19.2 Å². The normalized spacial score (nSPS) is 23.0. The minimum Gasteiger partial charge on any atom is -0.495 e. The van der Waals surface area contributed by atoms with Crippen LogP contribution >= 0.6 is 0 Å². The summed E-state index contributed by atoms with van der Waals surface area (Å²) in [5, 5.41) is 0. The highest BCUT2D eigenvalue weighted by Gasteiger charge is 2.27. The van der Waals surface area contributed by atoms with Crippen molar-refractivity contribution in [3.8, 4) is 5.75 Å². The van der Waals surface area contributed by atoms with Gasteiger partial charge in [0.25, 0.3) is 0 Å². The fourth-order valence-electron chi connectivity index (χ4n) is 2.45. The molecule has 2 atom stereocenters. The van der Waals surface area contributed by atoms with Crippen molar-refractivity contribution in [3.05, 3.63) is 23.8 Å². The first-order valence-electron chi connectivity index (χ1n) is 6.97. The predicted molar refractivity (Wildman–Crippen MR) is 79.6 cm³/mol. The summed E-state index contributed by atoms with van der Waals surface area (Å²) in [6.45, 7) is 2.78. The van der Waals surface area contributed by atoms with Gasteiger partial charge in [-0.25, -0.2) is 13.1 Å². The Morgan fingerprint density at radius 1 is 1.48 bits per heavy atom. The van der Waals surface area contributed by atoms with Crippen LogP contribution in [0.1, 0.15) is 25.3 Å². The van der Waals surface area contributed by atoms with Gasteiger partial charge in [0.05, 0.1) is 13.2 Å². The second-order valence-electron chi connectivity index (χ2n) is 5.21. The summed E-state index contributed by atoms with van der Waals surface area (Å²) < 4.78 is 38.5. The number of benzene rings is 1. The van der Waals surface area contributed by atoms with Crippen molar-refractivity contribution in [2.24, 2.45) is 5.73 Å². The molecule has 7 heteroatoms. The Kier molecular flexibility index (Phi) is 5.21.